The Kier molecular flexibility index (Phi) is 11.1. The third-order valence-electron chi connectivity index (χ3n) is 10.2. The summed E-state index contributed by atoms with van der Waals surface area (Å²) in [6.45, 7) is 9.17. The Bertz CT molecular complexity index is 2030. The first-order valence-electron chi connectivity index (χ1n) is 18.6. The Morgan fingerprint density at radius 3 is 2.46 bits per heavy atom. The van der Waals surface area contributed by atoms with E-state index >= 15 is 0 Å². The molecule has 54 heavy (non-hydrogen) atoms. The van der Waals surface area contributed by atoms with Crippen molar-refractivity contribution < 1.29 is 23.8 Å². The minimum Gasteiger partial charge on any atom is -0.461 e. The number of aromatic nitrogens is 2. The molecule has 2 saturated heterocycles. The van der Waals surface area contributed by atoms with Gasteiger partial charge in [-0.15, -0.1) is 0 Å². The highest BCUT2D eigenvalue weighted by atomic mass is 79.9. The maximum absolute atomic E-state index is 13.3. The molecule has 0 saturated carbocycles. The minimum atomic E-state index is -0.598. The van der Waals surface area contributed by atoms with Crippen molar-refractivity contribution in [1.29, 1.82) is 5.26 Å². The number of ether oxygens (including phenoxy) is 3. The van der Waals surface area contributed by atoms with Gasteiger partial charge in [-0.25, -0.2) is 9.59 Å². The van der Waals surface area contributed by atoms with Crippen molar-refractivity contribution in [2.24, 2.45) is 0 Å². The van der Waals surface area contributed by atoms with Crippen molar-refractivity contribution in [1.82, 2.24) is 19.8 Å². The van der Waals surface area contributed by atoms with Crippen molar-refractivity contribution in [3.8, 4) is 12.1 Å². The van der Waals surface area contributed by atoms with Gasteiger partial charge in [0, 0.05) is 53.8 Å². The van der Waals surface area contributed by atoms with Crippen LogP contribution in [-0.4, -0.2) is 89.0 Å². The summed E-state index contributed by atoms with van der Waals surface area (Å²) in [6.07, 6.45) is 1.72. The molecule has 0 radical (unpaired) electrons. The van der Waals surface area contributed by atoms with Gasteiger partial charge in [0.1, 0.15) is 24.6 Å². The Labute approximate surface area is 324 Å². The number of likely N-dealkylation sites (tertiary alicyclic amines) is 1. The van der Waals surface area contributed by atoms with Gasteiger partial charge in [-0.2, -0.15) is 15.2 Å². The SMILES string of the molecule is CC(C)(C)OC(=O)N1CCC[C@H]1COc1nc2c(c(N3CCN(C(=O)OCc4ccccc4)[C@@H](CC#N)C3)n1)CCN(c1cccc3cccc(Br)c13)C2. The zero-order valence-corrected chi connectivity index (χ0v) is 32.6. The lowest BCUT2D eigenvalue weighted by Gasteiger charge is -2.42. The van der Waals surface area contributed by atoms with E-state index in [1.807, 2.05) is 57.2 Å². The van der Waals surface area contributed by atoms with Gasteiger partial charge in [-0.3, -0.25) is 0 Å². The average Bonchev–Trinajstić information content (AvgIpc) is 3.64. The van der Waals surface area contributed by atoms with Crippen LogP contribution in [0.25, 0.3) is 10.8 Å². The summed E-state index contributed by atoms with van der Waals surface area (Å²) in [4.78, 5) is 44.3. The molecule has 7 rings (SSSR count). The first-order chi connectivity index (χ1) is 26.1. The Morgan fingerprint density at radius 2 is 1.69 bits per heavy atom. The summed E-state index contributed by atoms with van der Waals surface area (Å²) in [5.74, 6) is 0.754. The number of fused-ring (bicyclic) bond motifs is 2. The Balaban J connectivity index is 1.16. The number of nitriles is 1. The number of piperazine rings is 1. The van der Waals surface area contributed by atoms with Crippen LogP contribution in [0.1, 0.15) is 56.9 Å². The number of anilines is 2. The number of carbonyl (C=O) groups excluding carboxylic acids is 2. The number of amides is 2. The zero-order valence-electron chi connectivity index (χ0n) is 31.0. The number of rotatable bonds is 8. The summed E-state index contributed by atoms with van der Waals surface area (Å²) in [7, 11) is 0. The van der Waals surface area contributed by atoms with Gasteiger partial charge in [0.2, 0.25) is 0 Å². The van der Waals surface area contributed by atoms with Gasteiger partial charge >= 0.3 is 18.2 Å². The molecule has 0 spiro atoms. The molecule has 0 unspecified atom stereocenters. The summed E-state index contributed by atoms with van der Waals surface area (Å²) in [6, 6.07) is 24.1. The summed E-state index contributed by atoms with van der Waals surface area (Å²) in [5.41, 5.74) is 3.31. The van der Waals surface area contributed by atoms with Crippen LogP contribution in [0.3, 0.4) is 0 Å². The van der Waals surface area contributed by atoms with Crippen molar-refractivity contribution >= 4 is 50.4 Å². The van der Waals surface area contributed by atoms with Crippen LogP contribution in [0, 0.1) is 11.3 Å². The van der Waals surface area contributed by atoms with E-state index in [2.05, 4.69) is 62.1 Å². The highest BCUT2D eigenvalue weighted by Crippen LogP contribution is 2.37. The highest BCUT2D eigenvalue weighted by molar-refractivity contribution is 9.10. The lowest BCUT2D eigenvalue weighted by Crippen LogP contribution is -2.55. The van der Waals surface area contributed by atoms with Gasteiger partial charge in [0.15, 0.2) is 0 Å². The van der Waals surface area contributed by atoms with E-state index in [4.69, 9.17) is 24.2 Å². The van der Waals surface area contributed by atoms with Gasteiger partial charge in [-0.1, -0.05) is 70.5 Å². The molecule has 1 aromatic heterocycles. The second-order valence-electron chi connectivity index (χ2n) is 15.0. The predicted molar refractivity (Wildman–Crippen MR) is 209 cm³/mol. The van der Waals surface area contributed by atoms with Gasteiger partial charge in [0.25, 0.3) is 0 Å². The highest BCUT2D eigenvalue weighted by Gasteiger charge is 2.36. The monoisotopic (exact) mass is 795 g/mol. The fraction of sp³-hybridized carbons (Fsp3) is 0.439. The van der Waals surface area contributed by atoms with Gasteiger partial charge in [-0.05, 0) is 63.1 Å². The molecule has 4 aromatic rings. The molecule has 2 amide bonds. The fourth-order valence-corrected chi connectivity index (χ4v) is 8.16. The molecule has 0 bridgehead atoms. The van der Waals surface area contributed by atoms with E-state index in [9.17, 15) is 14.9 Å². The van der Waals surface area contributed by atoms with Crippen LogP contribution < -0.4 is 14.5 Å². The molecule has 12 nitrogen and oxygen atoms in total. The molecule has 0 aliphatic carbocycles. The number of hydrogen-bond acceptors (Lipinski definition) is 10. The largest absolute Gasteiger partial charge is 0.461 e. The first-order valence-corrected chi connectivity index (χ1v) is 19.4. The van der Waals surface area contributed by atoms with Crippen molar-refractivity contribution in [3.05, 3.63) is 88.0 Å². The van der Waals surface area contributed by atoms with Gasteiger partial charge < -0.3 is 33.8 Å². The summed E-state index contributed by atoms with van der Waals surface area (Å²) >= 11 is 3.78. The Hall–Kier alpha value is -5.09. The molecule has 4 heterocycles. The number of benzene rings is 3. The van der Waals surface area contributed by atoms with E-state index in [-0.39, 0.29) is 37.8 Å². The number of carbonyl (C=O) groups is 2. The molecule has 0 N–H and O–H groups in total. The minimum absolute atomic E-state index is 0.152. The smallest absolute Gasteiger partial charge is 0.410 e. The molecule has 3 aromatic carbocycles. The molecule has 282 valence electrons. The third kappa shape index (κ3) is 8.34. The van der Waals surface area contributed by atoms with Gasteiger partial charge in [0.05, 0.1) is 36.8 Å². The molecule has 3 aliphatic rings. The van der Waals surface area contributed by atoms with Crippen molar-refractivity contribution in [2.45, 2.75) is 77.3 Å². The summed E-state index contributed by atoms with van der Waals surface area (Å²) in [5, 5.41) is 12.1. The van der Waals surface area contributed by atoms with Crippen LogP contribution in [0.2, 0.25) is 0 Å². The third-order valence-corrected chi connectivity index (χ3v) is 10.8. The molecular formula is C41H46BrN7O5. The maximum Gasteiger partial charge on any atom is 0.410 e. The van der Waals surface area contributed by atoms with E-state index in [0.717, 1.165) is 63.0 Å². The molecule has 13 heteroatoms. The topological polar surface area (TPSA) is 124 Å². The lowest BCUT2D eigenvalue weighted by molar-refractivity contribution is 0.0183. The first kappa shape index (κ1) is 37.2. The van der Waals surface area contributed by atoms with Crippen molar-refractivity contribution in [3.63, 3.8) is 0 Å². The Morgan fingerprint density at radius 1 is 0.907 bits per heavy atom. The van der Waals surface area contributed by atoms with Crippen LogP contribution in [0.15, 0.2) is 71.2 Å². The predicted octanol–water partition coefficient (Wildman–Crippen LogP) is 7.47. The molecule has 3 aliphatic heterocycles. The number of halogens is 1. The van der Waals surface area contributed by atoms with Crippen LogP contribution >= 0.6 is 15.9 Å². The fourth-order valence-electron chi connectivity index (χ4n) is 7.57. The normalized spacial score (nSPS) is 18.6. The van der Waals surface area contributed by atoms with Crippen LogP contribution in [0.5, 0.6) is 6.01 Å². The van der Waals surface area contributed by atoms with E-state index < -0.39 is 17.7 Å². The molecule has 2 fully saturated rings. The molecular weight excluding hydrogens is 750 g/mol. The van der Waals surface area contributed by atoms with E-state index in [1.165, 1.54) is 0 Å². The summed E-state index contributed by atoms with van der Waals surface area (Å²) < 4.78 is 18.8. The quantitative estimate of drug-likeness (QED) is 0.177. The molecule has 2 atom stereocenters. The van der Waals surface area contributed by atoms with Crippen LogP contribution in [-0.2, 0) is 29.0 Å². The van der Waals surface area contributed by atoms with E-state index in [0.29, 0.717) is 39.1 Å². The van der Waals surface area contributed by atoms with Crippen LogP contribution in [0.4, 0.5) is 21.1 Å². The zero-order chi connectivity index (χ0) is 37.8. The second-order valence-corrected chi connectivity index (χ2v) is 15.9. The lowest BCUT2D eigenvalue weighted by atomic mass is 10.0. The maximum atomic E-state index is 13.3. The number of nitrogens with zero attached hydrogens (tertiary/aromatic N) is 7. The second kappa shape index (κ2) is 16.1. The standard InChI is InChI=1S/C41H46BrN7O5/c1-41(2,3)54-40(51)48-20-9-14-31(48)27-52-38-44-34-25-46(35-16-8-13-29-12-7-15-33(42)36(29)35)21-18-32(34)37(45-38)47-22-23-49(30(24-47)17-19-43)39(50)53-26-28-10-5-4-6-11-28/h4-8,10-13,15-16,30-31H,9,14,17-18,20-27H2,1-3H3/t30-,31-/m0/s1. The van der Waals surface area contributed by atoms with Crippen molar-refractivity contribution in [2.75, 3.05) is 49.1 Å². The van der Waals surface area contributed by atoms with E-state index in [1.54, 1.807) is 9.80 Å². The average molecular weight is 797 g/mol. The number of hydrogen-bond donors (Lipinski definition) is 0.